The summed E-state index contributed by atoms with van der Waals surface area (Å²) in [5.74, 6) is -1.05. The van der Waals surface area contributed by atoms with E-state index < -0.39 is 11.6 Å². The third kappa shape index (κ3) is 8.34. The summed E-state index contributed by atoms with van der Waals surface area (Å²) in [4.78, 5) is 22.4. The van der Waals surface area contributed by atoms with Gasteiger partial charge >= 0.3 is 0 Å². The first-order valence-electron chi connectivity index (χ1n) is 6.08. The van der Waals surface area contributed by atoms with Gasteiger partial charge in [-0.05, 0) is 27.4 Å². The number of nitrogens with one attached hydrogen (secondary N) is 1. The molecule has 0 aliphatic carbocycles. The van der Waals surface area contributed by atoms with E-state index in [9.17, 15) is 9.90 Å². The Morgan fingerprint density at radius 3 is 1.95 bits per heavy atom. The standard InChI is InChI=1S/C11H22N2O2.C2H4O2/c1-6-7-11(8-14,13(4)5)12-10(15)9(2)3;1-2(3)4/h14H,2,6-8H2,1,3-5H3,(H,12,15);1H3,(H,3,4). The summed E-state index contributed by atoms with van der Waals surface area (Å²) in [6.45, 7) is 8.23. The second kappa shape index (κ2) is 9.52. The van der Waals surface area contributed by atoms with Crippen LogP contribution in [0.25, 0.3) is 0 Å². The van der Waals surface area contributed by atoms with Gasteiger partial charge in [-0.15, -0.1) is 0 Å². The van der Waals surface area contributed by atoms with E-state index in [-0.39, 0.29) is 12.5 Å². The highest BCUT2D eigenvalue weighted by Gasteiger charge is 2.32. The minimum absolute atomic E-state index is 0.104. The van der Waals surface area contributed by atoms with E-state index in [0.29, 0.717) is 12.0 Å². The van der Waals surface area contributed by atoms with Crippen LogP contribution in [0.5, 0.6) is 0 Å². The number of rotatable bonds is 6. The van der Waals surface area contributed by atoms with Crippen LogP contribution >= 0.6 is 0 Å². The number of aliphatic hydroxyl groups excluding tert-OH is 1. The molecule has 19 heavy (non-hydrogen) atoms. The van der Waals surface area contributed by atoms with Crippen LogP contribution in [-0.4, -0.2) is 53.4 Å². The van der Waals surface area contributed by atoms with Gasteiger partial charge in [-0.2, -0.15) is 0 Å². The lowest BCUT2D eigenvalue weighted by molar-refractivity contribution is -0.134. The van der Waals surface area contributed by atoms with Gasteiger partial charge in [-0.1, -0.05) is 19.9 Å². The maximum atomic E-state index is 11.5. The fourth-order valence-electron chi connectivity index (χ4n) is 1.39. The van der Waals surface area contributed by atoms with E-state index in [1.807, 2.05) is 25.9 Å². The fourth-order valence-corrected chi connectivity index (χ4v) is 1.39. The van der Waals surface area contributed by atoms with Crippen LogP contribution in [0.1, 0.15) is 33.6 Å². The minimum Gasteiger partial charge on any atom is -0.481 e. The highest BCUT2D eigenvalue weighted by atomic mass is 16.4. The van der Waals surface area contributed by atoms with Crippen molar-refractivity contribution in [3.05, 3.63) is 12.2 Å². The molecule has 0 rings (SSSR count). The topological polar surface area (TPSA) is 89.9 Å². The van der Waals surface area contributed by atoms with Crippen LogP contribution in [0.15, 0.2) is 12.2 Å². The molecule has 0 spiro atoms. The van der Waals surface area contributed by atoms with Crippen molar-refractivity contribution < 1.29 is 19.8 Å². The summed E-state index contributed by atoms with van der Waals surface area (Å²) in [7, 11) is 3.68. The van der Waals surface area contributed by atoms with Crippen molar-refractivity contribution in [2.24, 2.45) is 0 Å². The van der Waals surface area contributed by atoms with Crippen LogP contribution in [0, 0.1) is 0 Å². The van der Waals surface area contributed by atoms with Gasteiger partial charge < -0.3 is 15.5 Å². The molecule has 6 nitrogen and oxygen atoms in total. The number of hydrogen-bond donors (Lipinski definition) is 3. The fraction of sp³-hybridized carbons (Fsp3) is 0.692. The zero-order chi connectivity index (χ0) is 15.6. The Morgan fingerprint density at radius 2 is 1.74 bits per heavy atom. The van der Waals surface area contributed by atoms with Gasteiger partial charge in [-0.3, -0.25) is 14.5 Å². The number of aliphatic carboxylic acids is 1. The normalized spacial score (nSPS) is 13.0. The molecule has 0 aliphatic heterocycles. The van der Waals surface area contributed by atoms with Crippen molar-refractivity contribution in [2.75, 3.05) is 20.7 Å². The van der Waals surface area contributed by atoms with Crippen LogP contribution in [0.4, 0.5) is 0 Å². The average Bonchev–Trinajstić information content (AvgIpc) is 2.26. The van der Waals surface area contributed by atoms with Crippen LogP contribution in [0.3, 0.4) is 0 Å². The molecular weight excluding hydrogens is 248 g/mol. The molecule has 112 valence electrons. The highest BCUT2D eigenvalue weighted by molar-refractivity contribution is 5.92. The Kier molecular flexibility index (Phi) is 9.99. The van der Waals surface area contributed by atoms with Crippen LogP contribution in [0.2, 0.25) is 0 Å². The smallest absolute Gasteiger partial charge is 0.300 e. The molecule has 1 atom stereocenters. The summed E-state index contributed by atoms with van der Waals surface area (Å²) in [6, 6.07) is 0. The van der Waals surface area contributed by atoms with Gasteiger partial charge in [0.2, 0.25) is 5.91 Å². The van der Waals surface area contributed by atoms with Crippen molar-refractivity contribution in [3.63, 3.8) is 0 Å². The Bertz CT molecular complexity index is 312. The lowest BCUT2D eigenvalue weighted by Gasteiger charge is -2.39. The largest absolute Gasteiger partial charge is 0.481 e. The average molecular weight is 274 g/mol. The van der Waals surface area contributed by atoms with Gasteiger partial charge in [0.15, 0.2) is 0 Å². The van der Waals surface area contributed by atoms with E-state index >= 15 is 0 Å². The van der Waals surface area contributed by atoms with E-state index in [1.54, 1.807) is 6.92 Å². The van der Waals surface area contributed by atoms with E-state index in [2.05, 4.69) is 11.9 Å². The van der Waals surface area contributed by atoms with E-state index in [4.69, 9.17) is 9.90 Å². The number of carboxylic acids is 1. The molecule has 0 aromatic carbocycles. The number of carboxylic acid groups (broad SMARTS) is 1. The Morgan fingerprint density at radius 1 is 1.32 bits per heavy atom. The third-order valence-electron chi connectivity index (χ3n) is 2.52. The number of carbonyl (C=O) groups is 2. The Hall–Kier alpha value is -1.40. The molecule has 1 unspecified atom stereocenters. The summed E-state index contributed by atoms with van der Waals surface area (Å²) < 4.78 is 0. The highest BCUT2D eigenvalue weighted by Crippen LogP contribution is 2.15. The molecule has 0 bridgehead atoms. The summed E-state index contributed by atoms with van der Waals surface area (Å²) >= 11 is 0. The number of hydrogen-bond acceptors (Lipinski definition) is 4. The number of likely N-dealkylation sites (N-methyl/N-ethyl adjacent to an activating group) is 1. The Balaban J connectivity index is 0. The lowest BCUT2D eigenvalue weighted by atomic mass is 10.0. The second-order valence-corrected chi connectivity index (χ2v) is 4.59. The third-order valence-corrected chi connectivity index (χ3v) is 2.52. The first-order valence-corrected chi connectivity index (χ1v) is 6.08. The molecular formula is C13H26N2O4. The van der Waals surface area contributed by atoms with E-state index in [0.717, 1.165) is 13.3 Å². The summed E-state index contributed by atoms with van der Waals surface area (Å²) in [5, 5.41) is 19.7. The van der Waals surface area contributed by atoms with Crippen molar-refractivity contribution in [3.8, 4) is 0 Å². The monoisotopic (exact) mass is 274 g/mol. The molecule has 0 saturated carbocycles. The lowest BCUT2D eigenvalue weighted by Crippen LogP contribution is -2.60. The molecule has 0 aromatic rings. The SMILES string of the molecule is C=C(C)C(=O)NC(CO)(CCC)N(C)C.CC(=O)O. The minimum atomic E-state index is -0.833. The van der Waals surface area contributed by atoms with Crippen LogP contribution < -0.4 is 5.32 Å². The maximum absolute atomic E-state index is 11.5. The molecule has 0 aromatic heterocycles. The van der Waals surface area contributed by atoms with Crippen molar-refractivity contribution >= 4 is 11.9 Å². The number of carbonyl (C=O) groups excluding carboxylic acids is 1. The second-order valence-electron chi connectivity index (χ2n) is 4.59. The van der Waals surface area contributed by atoms with Crippen molar-refractivity contribution in [1.29, 1.82) is 0 Å². The number of amides is 1. The molecule has 0 saturated heterocycles. The first-order chi connectivity index (χ1) is 8.62. The van der Waals surface area contributed by atoms with Gasteiger partial charge in [0.25, 0.3) is 5.97 Å². The maximum Gasteiger partial charge on any atom is 0.300 e. The first kappa shape index (κ1) is 19.9. The van der Waals surface area contributed by atoms with Crippen LogP contribution in [-0.2, 0) is 9.59 Å². The quantitative estimate of drug-likeness (QED) is 0.493. The van der Waals surface area contributed by atoms with Crippen molar-refractivity contribution in [2.45, 2.75) is 39.3 Å². The predicted octanol–water partition coefficient (Wildman–Crippen LogP) is 0.820. The van der Waals surface area contributed by atoms with Gasteiger partial charge in [0.1, 0.15) is 5.66 Å². The van der Waals surface area contributed by atoms with Gasteiger partial charge in [0, 0.05) is 12.5 Å². The molecule has 6 heteroatoms. The van der Waals surface area contributed by atoms with Crippen molar-refractivity contribution in [1.82, 2.24) is 10.2 Å². The molecule has 0 fully saturated rings. The zero-order valence-electron chi connectivity index (χ0n) is 12.5. The number of aliphatic hydroxyl groups is 1. The zero-order valence-corrected chi connectivity index (χ0v) is 12.5. The van der Waals surface area contributed by atoms with E-state index in [1.165, 1.54) is 0 Å². The number of nitrogens with zero attached hydrogens (tertiary/aromatic N) is 1. The molecule has 0 heterocycles. The van der Waals surface area contributed by atoms with Gasteiger partial charge in [-0.25, -0.2) is 0 Å². The van der Waals surface area contributed by atoms with Gasteiger partial charge in [0.05, 0.1) is 6.61 Å². The molecule has 0 aliphatic rings. The summed E-state index contributed by atoms with van der Waals surface area (Å²) in [6.07, 6.45) is 1.59. The Labute approximate surface area is 115 Å². The summed E-state index contributed by atoms with van der Waals surface area (Å²) in [5.41, 5.74) is -0.226. The predicted molar refractivity (Wildman–Crippen MR) is 74.7 cm³/mol. The molecule has 0 radical (unpaired) electrons. The molecule has 3 N–H and O–H groups in total. The molecule has 1 amide bonds.